The van der Waals surface area contributed by atoms with Gasteiger partial charge in [0.15, 0.2) is 0 Å². The Bertz CT molecular complexity index is 743. The topological polar surface area (TPSA) is 95.5 Å². The predicted molar refractivity (Wildman–Crippen MR) is 127 cm³/mol. The molecule has 0 aliphatic rings. The monoisotopic (exact) mass is 456 g/mol. The zero-order chi connectivity index (χ0) is 23.3. The smallest absolute Gasteiger partial charge is 0.305 e. The van der Waals surface area contributed by atoms with E-state index in [2.05, 4.69) is 16.4 Å². The van der Waals surface area contributed by atoms with Gasteiger partial charge in [0.05, 0.1) is 40.2 Å². The maximum Gasteiger partial charge on any atom is 0.305 e. The molecule has 3 N–H and O–H groups in total. The molecule has 7 nitrogen and oxygen atoms in total. The maximum atomic E-state index is 12.5. The first-order chi connectivity index (χ1) is 14.5. The summed E-state index contributed by atoms with van der Waals surface area (Å²) in [6.45, 7) is 2.60. The zero-order valence-electron chi connectivity index (χ0n) is 19.7. The minimum absolute atomic E-state index is 0.270. The summed E-state index contributed by atoms with van der Waals surface area (Å²) >= 11 is 0. The van der Waals surface area contributed by atoms with Gasteiger partial charge >= 0.3 is 5.97 Å². The molecule has 0 bridgehead atoms. The Morgan fingerprint density at radius 1 is 0.968 bits per heavy atom. The van der Waals surface area contributed by atoms with E-state index in [1.165, 1.54) is 50.5 Å². The fourth-order valence-electron chi connectivity index (χ4n) is 3.62. The molecule has 0 radical (unpaired) electrons. The highest BCUT2D eigenvalue weighted by molar-refractivity contribution is 7.90. The van der Waals surface area contributed by atoms with Crippen molar-refractivity contribution in [2.24, 2.45) is 0 Å². The molecule has 1 atom stereocenters. The lowest BCUT2D eigenvalue weighted by Crippen LogP contribution is -2.50. The van der Waals surface area contributed by atoms with Crippen molar-refractivity contribution in [3.8, 4) is 0 Å². The van der Waals surface area contributed by atoms with Gasteiger partial charge in [-0.3, -0.25) is 9.52 Å². The molecule has 178 valence electrons. The Labute approximate surface area is 189 Å². The van der Waals surface area contributed by atoms with Crippen molar-refractivity contribution >= 4 is 21.9 Å². The fraction of sp³-hybridized carbons (Fsp3) is 0.696. The second-order valence-electron chi connectivity index (χ2n) is 9.41. The maximum absolute atomic E-state index is 12.5. The first-order valence-corrected chi connectivity index (χ1v) is 12.9. The van der Waals surface area contributed by atoms with Crippen LogP contribution < -0.4 is 9.44 Å². The fourth-order valence-corrected chi connectivity index (χ4v) is 4.72. The predicted octanol–water partition coefficient (Wildman–Crippen LogP) is 4.17. The third kappa shape index (κ3) is 14.1. The summed E-state index contributed by atoms with van der Waals surface area (Å²) in [5.74, 6) is -1.04. The van der Waals surface area contributed by atoms with E-state index >= 15 is 0 Å². The molecular formula is C23H42N3O4S+. The summed E-state index contributed by atoms with van der Waals surface area (Å²) in [7, 11) is 1.80. The highest BCUT2D eigenvalue weighted by Gasteiger charge is 2.25. The minimum atomic E-state index is -3.87. The molecule has 1 rings (SSSR count). The molecule has 8 heteroatoms. The number of nitrogens with zero attached hydrogens (tertiary/aromatic N) is 1. The van der Waals surface area contributed by atoms with Gasteiger partial charge in [-0.2, -0.15) is 13.1 Å². The van der Waals surface area contributed by atoms with Crippen LogP contribution in [0.5, 0.6) is 0 Å². The molecule has 1 aromatic rings. The van der Waals surface area contributed by atoms with Crippen LogP contribution in [0.15, 0.2) is 24.3 Å². The number of carboxylic acids is 1. The van der Waals surface area contributed by atoms with E-state index in [0.717, 1.165) is 12.8 Å². The van der Waals surface area contributed by atoms with E-state index in [9.17, 15) is 13.2 Å². The standard InChI is InChI=1S/C23H41N3O4S/c1-5-6-7-8-9-10-11-12-13-20-14-16-21(17-15-20)24-31(29,30)25-22(18-23(27)28)19-26(2,3)4/h14-17,22,24-25H,5-13,18-19H2,1-4H3/p+1. The molecule has 0 saturated heterocycles. The van der Waals surface area contributed by atoms with E-state index in [0.29, 0.717) is 16.7 Å². The number of likely N-dealkylation sites (N-methyl/N-ethyl adjacent to an activating group) is 1. The van der Waals surface area contributed by atoms with E-state index in [-0.39, 0.29) is 6.42 Å². The molecule has 0 aliphatic carbocycles. The van der Waals surface area contributed by atoms with Gasteiger partial charge < -0.3 is 9.59 Å². The molecule has 0 amide bonds. The van der Waals surface area contributed by atoms with Gasteiger partial charge in [-0.05, 0) is 30.5 Å². The van der Waals surface area contributed by atoms with Crippen molar-refractivity contribution in [2.45, 2.75) is 77.2 Å². The number of quaternary nitrogens is 1. The number of aryl methyl sites for hydroxylation is 1. The lowest BCUT2D eigenvalue weighted by molar-refractivity contribution is -0.871. The first kappa shape index (κ1) is 27.4. The summed E-state index contributed by atoms with van der Waals surface area (Å²) in [6, 6.07) is 6.70. The Balaban J connectivity index is 2.48. The molecule has 0 heterocycles. The van der Waals surface area contributed by atoms with Crippen molar-refractivity contribution in [1.29, 1.82) is 0 Å². The highest BCUT2D eigenvalue weighted by atomic mass is 32.2. The number of benzene rings is 1. The molecule has 1 aromatic carbocycles. The van der Waals surface area contributed by atoms with Crippen molar-refractivity contribution in [3.63, 3.8) is 0 Å². The third-order valence-electron chi connectivity index (χ3n) is 5.04. The second-order valence-corrected chi connectivity index (χ2v) is 10.9. The number of unbranched alkanes of at least 4 members (excludes halogenated alkanes) is 7. The number of aliphatic carboxylic acids is 1. The van der Waals surface area contributed by atoms with Crippen LogP contribution in [0, 0.1) is 0 Å². The van der Waals surface area contributed by atoms with Gasteiger partial charge in [0.25, 0.3) is 10.2 Å². The second kappa shape index (κ2) is 13.7. The van der Waals surface area contributed by atoms with Crippen LogP contribution in [0.1, 0.15) is 70.3 Å². The van der Waals surface area contributed by atoms with E-state index in [1.807, 2.05) is 33.3 Å². The Kier molecular flexibility index (Phi) is 12.1. The number of carboxylic acid groups (broad SMARTS) is 1. The molecule has 0 saturated carbocycles. The zero-order valence-corrected chi connectivity index (χ0v) is 20.5. The average Bonchev–Trinajstić information content (AvgIpc) is 2.62. The van der Waals surface area contributed by atoms with Crippen LogP contribution in [0.2, 0.25) is 0 Å². The van der Waals surface area contributed by atoms with E-state index in [1.54, 1.807) is 12.1 Å². The van der Waals surface area contributed by atoms with Crippen LogP contribution in [0.4, 0.5) is 5.69 Å². The molecule has 31 heavy (non-hydrogen) atoms. The lowest BCUT2D eigenvalue weighted by atomic mass is 10.0. The van der Waals surface area contributed by atoms with Crippen LogP contribution in [0.3, 0.4) is 0 Å². The molecule has 0 spiro atoms. The number of carbonyl (C=O) groups is 1. The van der Waals surface area contributed by atoms with Crippen molar-refractivity contribution in [1.82, 2.24) is 4.72 Å². The van der Waals surface area contributed by atoms with Gasteiger partial charge in [0.2, 0.25) is 0 Å². The van der Waals surface area contributed by atoms with Crippen LogP contribution in [-0.4, -0.2) is 57.7 Å². The van der Waals surface area contributed by atoms with Gasteiger partial charge in [0.1, 0.15) is 0 Å². The minimum Gasteiger partial charge on any atom is -0.481 e. The van der Waals surface area contributed by atoms with Gasteiger partial charge in [0, 0.05) is 5.69 Å². The van der Waals surface area contributed by atoms with Gasteiger partial charge in [-0.25, -0.2) is 0 Å². The Morgan fingerprint density at radius 2 is 1.52 bits per heavy atom. The first-order valence-electron chi connectivity index (χ1n) is 11.4. The summed E-state index contributed by atoms with van der Waals surface area (Å²) in [6.07, 6.45) is 11.0. The molecule has 0 aromatic heterocycles. The molecule has 1 unspecified atom stereocenters. The van der Waals surface area contributed by atoms with E-state index < -0.39 is 22.2 Å². The average molecular weight is 457 g/mol. The quantitative estimate of drug-likeness (QED) is 0.242. The summed E-state index contributed by atoms with van der Waals surface area (Å²) in [4.78, 5) is 11.1. The van der Waals surface area contributed by atoms with Gasteiger partial charge in [-0.15, -0.1) is 0 Å². The number of nitrogens with one attached hydrogen (secondary N) is 2. The van der Waals surface area contributed by atoms with Gasteiger partial charge in [-0.1, -0.05) is 64.0 Å². The SMILES string of the molecule is CCCCCCCCCCc1ccc(NS(=O)(=O)NC(CC(=O)O)C[N+](C)(C)C)cc1. The largest absolute Gasteiger partial charge is 0.481 e. The number of hydrogen-bond acceptors (Lipinski definition) is 3. The third-order valence-corrected chi connectivity index (χ3v) is 6.18. The number of hydrogen-bond donors (Lipinski definition) is 3. The summed E-state index contributed by atoms with van der Waals surface area (Å²) < 4.78 is 30.4. The van der Waals surface area contributed by atoms with Crippen molar-refractivity contribution in [3.05, 3.63) is 29.8 Å². The summed E-state index contributed by atoms with van der Waals surface area (Å²) in [5, 5.41) is 9.09. The van der Waals surface area contributed by atoms with Crippen LogP contribution >= 0.6 is 0 Å². The van der Waals surface area contributed by atoms with Crippen molar-refractivity contribution < 1.29 is 22.8 Å². The van der Waals surface area contributed by atoms with Crippen LogP contribution in [-0.2, 0) is 21.4 Å². The number of rotatable bonds is 17. The lowest BCUT2D eigenvalue weighted by Gasteiger charge is -2.29. The van der Waals surface area contributed by atoms with Crippen molar-refractivity contribution in [2.75, 3.05) is 32.4 Å². The highest BCUT2D eigenvalue weighted by Crippen LogP contribution is 2.15. The Morgan fingerprint density at radius 3 is 2.03 bits per heavy atom. The molecular weight excluding hydrogens is 414 g/mol. The number of anilines is 1. The molecule has 0 fully saturated rings. The van der Waals surface area contributed by atoms with E-state index in [4.69, 9.17) is 5.11 Å². The summed E-state index contributed by atoms with van der Waals surface area (Å²) in [5.41, 5.74) is 1.65. The molecule has 0 aliphatic heterocycles. The Hall–Kier alpha value is -1.64. The van der Waals surface area contributed by atoms with Crippen LogP contribution in [0.25, 0.3) is 0 Å². The normalized spacial score (nSPS) is 13.2.